The second-order valence-electron chi connectivity index (χ2n) is 5.20. The van der Waals surface area contributed by atoms with Crippen LogP contribution in [0, 0.1) is 0 Å². The minimum atomic E-state index is -3.28. The van der Waals surface area contributed by atoms with E-state index in [2.05, 4.69) is 10.3 Å². The lowest BCUT2D eigenvalue weighted by Crippen LogP contribution is -2.28. The first kappa shape index (κ1) is 17.4. The molecule has 0 atom stereocenters. The fraction of sp³-hybridized carbons (Fsp3) is 0.500. The Bertz CT molecular complexity index is 673. The third-order valence-corrected chi connectivity index (χ3v) is 5.02. The van der Waals surface area contributed by atoms with Crippen molar-refractivity contribution in [3.63, 3.8) is 0 Å². The Morgan fingerprint density at radius 1 is 1.30 bits per heavy atom. The highest BCUT2D eigenvalue weighted by atomic mass is 32.2. The summed E-state index contributed by atoms with van der Waals surface area (Å²) in [4.78, 5) is 4.02. The van der Waals surface area contributed by atoms with E-state index in [1.54, 1.807) is 18.2 Å². The van der Waals surface area contributed by atoms with Gasteiger partial charge in [0.1, 0.15) is 0 Å². The first-order valence-electron chi connectivity index (χ1n) is 7.25. The predicted octanol–water partition coefficient (Wildman–Crippen LogP) is 0.466. The minimum Gasteiger partial charge on any atom is -0.490 e. The molecule has 0 saturated carbocycles. The van der Waals surface area contributed by atoms with Crippen LogP contribution in [0.25, 0.3) is 0 Å². The molecule has 0 radical (unpaired) electrons. The van der Waals surface area contributed by atoms with E-state index in [0.29, 0.717) is 30.4 Å². The maximum absolute atomic E-state index is 11.6. The van der Waals surface area contributed by atoms with E-state index in [0.717, 1.165) is 10.7 Å². The third-order valence-electron chi connectivity index (χ3n) is 3.21. The number of nitrogens with one attached hydrogen (secondary N) is 1. The van der Waals surface area contributed by atoms with Crippen LogP contribution in [-0.2, 0) is 10.0 Å². The lowest BCUT2D eigenvalue weighted by atomic mass is 10.3. The van der Waals surface area contributed by atoms with Crippen LogP contribution in [0.1, 0.15) is 6.42 Å². The molecule has 0 amide bonds. The Labute approximate surface area is 136 Å². The number of anilines is 1. The van der Waals surface area contributed by atoms with Crippen LogP contribution in [0.5, 0.6) is 11.5 Å². The van der Waals surface area contributed by atoms with Gasteiger partial charge < -0.3 is 20.5 Å². The number of benzene rings is 1. The number of aliphatic imine (C=N–C) groups is 1. The van der Waals surface area contributed by atoms with Gasteiger partial charge in [0.05, 0.1) is 25.5 Å². The molecule has 9 heteroatoms. The van der Waals surface area contributed by atoms with Gasteiger partial charge in [-0.15, -0.1) is 0 Å². The summed E-state index contributed by atoms with van der Waals surface area (Å²) in [5.41, 5.74) is 6.48. The molecule has 0 aliphatic carbocycles. The molecule has 1 aliphatic rings. The van der Waals surface area contributed by atoms with E-state index in [9.17, 15) is 8.42 Å². The highest BCUT2D eigenvalue weighted by Gasteiger charge is 2.13. The van der Waals surface area contributed by atoms with Crippen molar-refractivity contribution in [2.75, 3.05) is 44.9 Å². The summed E-state index contributed by atoms with van der Waals surface area (Å²) in [6.07, 6.45) is 0.835. The first-order valence-corrected chi connectivity index (χ1v) is 8.86. The number of hydrogen-bond acceptors (Lipinski definition) is 5. The van der Waals surface area contributed by atoms with Crippen LogP contribution < -0.4 is 20.5 Å². The van der Waals surface area contributed by atoms with Crippen molar-refractivity contribution in [2.45, 2.75) is 6.42 Å². The highest BCUT2D eigenvalue weighted by Crippen LogP contribution is 2.32. The molecular weight excluding hydrogens is 320 g/mol. The molecule has 8 nitrogen and oxygen atoms in total. The van der Waals surface area contributed by atoms with Gasteiger partial charge in [0, 0.05) is 32.3 Å². The van der Waals surface area contributed by atoms with Crippen molar-refractivity contribution in [3.05, 3.63) is 18.2 Å². The van der Waals surface area contributed by atoms with Crippen molar-refractivity contribution in [3.8, 4) is 11.5 Å². The predicted molar refractivity (Wildman–Crippen MR) is 89.6 cm³/mol. The standard InChI is InChI=1S/C14H22N4O4S/c1-18(2)23(19,20)9-6-16-14(15)17-11-4-5-12-13(10-11)22-8-3-7-21-12/h4-5,10H,3,6-9H2,1-2H3,(H3,15,16,17). The quantitative estimate of drug-likeness (QED) is 0.595. The van der Waals surface area contributed by atoms with E-state index in [-0.39, 0.29) is 18.3 Å². The number of fused-ring (bicyclic) bond motifs is 1. The molecule has 2 rings (SSSR count). The zero-order chi connectivity index (χ0) is 16.9. The molecule has 0 spiro atoms. The highest BCUT2D eigenvalue weighted by molar-refractivity contribution is 7.89. The number of nitrogens with two attached hydrogens (primary N) is 1. The summed E-state index contributed by atoms with van der Waals surface area (Å²) in [5.74, 6) is 1.40. The van der Waals surface area contributed by atoms with Crippen LogP contribution in [0.2, 0.25) is 0 Å². The monoisotopic (exact) mass is 342 g/mol. The Hall–Kier alpha value is -2.00. The molecular formula is C14H22N4O4S. The fourth-order valence-electron chi connectivity index (χ4n) is 1.89. The zero-order valence-electron chi connectivity index (χ0n) is 13.3. The average molecular weight is 342 g/mol. The van der Waals surface area contributed by atoms with Crippen molar-refractivity contribution in [2.24, 2.45) is 10.7 Å². The van der Waals surface area contributed by atoms with Crippen molar-refractivity contribution >= 4 is 21.7 Å². The van der Waals surface area contributed by atoms with Crippen molar-refractivity contribution in [1.82, 2.24) is 4.31 Å². The van der Waals surface area contributed by atoms with Crippen molar-refractivity contribution < 1.29 is 17.9 Å². The molecule has 0 fully saturated rings. The van der Waals surface area contributed by atoms with Gasteiger partial charge in [-0.05, 0) is 12.1 Å². The smallest absolute Gasteiger partial charge is 0.215 e. The van der Waals surface area contributed by atoms with Crippen LogP contribution >= 0.6 is 0 Å². The average Bonchev–Trinajstić information content (AvgIpc) is 2.71. The summed E-state index contributed by atoms with van der Waals surface area (Å²) >= 11 is 0. The Balaban J connectivity index is 1.96. The molecule has 128 valence electrons. The van der Waals surface area contributed by atoms with E-state index in [1.807, 2.05) is 0 Å². The zero-order valence-corrected chi connectivity index (χ0v) is 14.1. The van der Waals surface area contributed by atoms with E-state index >= 15 is 0 Å². The number of hydrogen-bond donors (Lipinski definition) is 2. The number of nitrogens with zero attached hydrogens (tertiary/aromatic N) is 2. The lowest BCUT2D eigenvalue weighted by molar-refractivity contribution is 0.297. The fourth-order valence-corrected chi connectivity index (χ4v) is 2.58. The molecule has 3 N–H and O–H groups in total. The maximum atomic E-state index is 11.6. The number of guanidine groups is 1. The molecule has 0 unspecified atom stereocenters. The lowest BCUT2D eigenvalue weighted by Gasteiger charge is -2.11. The molecule has 1 heterocycles. The molecule has 1 aromatic rings. The second kappa shape index (κ2) is 7.51. The second-order valence-corrected chi connectivity index (χ2v) is 7.50. The summed E-state index contributed by atoms with van der Waals surface area (Å²) in [6, 6.07) is 5.37. The van der Waals surface area contributed by atoms with Gasteiger partial charge in [-0.1, -0.05) is 0 Å². The summed E-state index contributed by atoms with van der Waals surface area (Å²) < 4.78 is 35.6. The van der Waals surface area contributed by atoms with E-state index in [4.69, 9.17) is 15.2 Å². The Morgan fingerprint density at radius 3 is 2.70 bits per heavy atom. The van der Waals surface area contributed by atoms with Gasteiger partial charge in [-0.2, -0.15) is 0 Å². The minimum absolute atomic E-state index is 0.0872. The number of rotatable bonds is 5. The summed E-state index contributed by atoms with van der Waals surface area (Å²) in [7, 11) is -0.307. The first-order chi connectivity index (χ1) is 10.9. The van der Waals surface area contributed by atoms with E-state index < -0.39 is 10.0 Å². The summed E-state index contributed by atoms with van der Waals surface area (Å²) in [5, 5.41) is 2.91. The normalized spacial score (nSPS) is 15.3. The van der Waals surface area contributed by atoms with Crippen molar-refractivity contribution in [1.29, 1.82) is 0 Å². The van der Waals surface area contributed by atoms with E-state index in [1.165, 1.54) is 14.1 Å². The van der Waals surface area contributed by atoms with Gasteiger partial charge in [-0.25, -0.2) is 12.7 Å². The SMILES string of the molecule is CN(C)S(=O)(=O)CCN=C(N)Nc1ccc2c(c1)OCCCO2. The maximum Gasteiger partial charge on any atom is 0.215 e. The molecule has 0 bridgehead atoms. The summed E-state index contributed by atoms with van der Waals surface area (Å²) in [6.45, 7) is 1.32. The number of ether oxygens (including phenoxy) is 2. The molecule has 0 aromatic heterocycles. The molecule has 1 aliphatic heterocycles. The van der Waals surface area contributed by atoms with Crippen LogP contribution in [0.3, 0.4) is 0 Å². The van der Waals surface area contributed by atoms with Gasteiger partial charge in [0.15, 0.2) is 17.5 Å². The molecule has 1 aromatic carbocycles. The van der Waals surface area contributed by atoms with Gasteiger partial charge in [0.2, 0.25) is 10.0 Å². The van der Waals surface area contributed by atoms with Crippen LogP contribution in [-0.4, -0.2) is 58.3 Å². The van der Waals surface area contributed by atoms with Gasteiger partial charge in [-0.3, -0.25) is 4.99 Å². The van der Waals surface area contributed by atoms with Gasteiger partial charge >= 0.3 is 0 Å². The Kier molecular flexibility index (Phi) is 5.67. The van der Waals surface area contributed by atoms with Crippen LogP contribution in [0.15, 0.2) is 23.2 Å². The molecule has 0 saturated heterocycles. The molecule has 23 heavy (non-hydrogen) atoms. The largest absolute Gasteiger partial charge is 0.490 e. The number of sulfonamides is 1. The third kappa shape index (κ3) is 5.00. The topological polar surface area (TPSA) is 106 Å². The van der Waals surface area contributed by atoms with Crippen LogP contribution in [0.4, 0.5) is 5.69 Å². The van der Waals surface area contributed by atoms with Gasteiger partial charge in [0.25, 0.3) is 0 Å². The Morgan fingerprint density at radius 2 is 2.00 bits per heavy atom.